The van der Waals surface area contributed by atoms with Gasteiger partial charge in [-0.3, -0.25) is 4.90 Å². The number of benzene rings is 1. The van der Waals surface area contributed by atoms with Crippen LogP contribution in [0, 0.1) is 13.8 Å². The van der Waals surface area contributed by atoms with Gasteiger partial charge in [0, 0.05) is 31.2 Å². The molecule has 2 heteroatoms. The Morgan fingerprint density at radius 1 is 1.17 bits per heavy atom. The fraction of sp³-hybridized carbons (Fsp3) is 0.625. The molecule has 3 atom stereocenters. The van der Waals surface area contributed by atoms with E-state index in [0.717, 1.165) is 13.1 Å². The normalized spacial score (nSPS) is 27.2. The van der Waals surface area contributed by atoms with Gasteiger partial charge in [-0.25, -0.2) is 0 Å². The number of hydrogen-bond donors (Lipinski definition) is 1. The van der Waals surface area contributed by atoms with E-state index < -0.39 is 0 Å². The second-order valence-corrected chi connectivity index (χ2v) is 5.95. The molecule has 1 aromatic rings. The van der Waals surface area contributed by atoms with Crippen molar-refractivity contribution in [1.29, 1.82) is 0 Å². The van der Waals surface area contributed by atoms with Crippen LogP contribution in [-0.2, 0) is 0 Å². The van der Waals surface area contributed by atoms with Crippen LogP contribution in [0.5, 0.6) is 0 Å². The number of aryl methyl sites for hydroxylation is 2. The number of hydrogen-bond acceptors (Lipinski definition) is 2. The number of nitrogens with one attached hydrogen (secondary N) is 1. The van der Waals surface area contributed by atoms with E-state index in [0.29, 0.717) is 18.1 Å². The molecule has 0 amide bonds. The predicted octanol–water partition coefficient (Wildman–Crippen LogP) is 3.05. The maximum absolute atomic E-state index is 3.55. The lowest BCUT2D eigenvalue weighted by Crippen LogP contribution is -2.54. The van der Waals surface area contributed by atoms with E-state index in [1.54, 1.807) is 0 Å². The molecule has 0 radical (unpaired) electrons. The van der Waals surface area contributed by atoms with E-state index in [1.165, 1.54) is 16.7 Å². The average Bonchev–Trinajstić information content (AvgIpc) is 2.30. The van der Waals surface area contributed by atoms with Crippen LogP contribution < -0.4 is 5.32 Å². The Balaban J connectivity index is 2.21. The summed E-state index contributed by atoms with van der Waals surface area (Å²) >= 11 is 0. The number of piperazine rings is 1. The highest BCUT2D eigenvalue weighted by molar-refractivity contribution is 5.30. The molecule has 0 aliphatic carbocycles. The summed E-state index contributed by atoms with van der Waals surface area (Å²) in [4.78, 5) is 2.62. The van der Waals surface area contributed by atoms with Gasteiger partial charge in [-0.1, -0.05) is 29.3 Å². The molecule has 0 bridgehead atoms. The van der Waals surface area contributed by atoms with Crippen molar-refractivity contribution in [3.8, 4) is 0 Å². The fourth-order valence-electron chi connectivity index (χ4n) is 3.03. The zero-order chi connectivity index (χ0) is 13.3. The van der Waals surface area contributed by atoms with E-state index in [1.807, 2.05) is 0 Å². The minimum atomic E-state index is 0.503. The van der Waals surface area contributed by atoms with E-state index >= 15 is 0 Å². The maximum atomic E-state index is 3.55. The summed E-state index contributed by atoms with van der Waals surface area (Å²) in [6, 6.07) is 8.61. The molecule has 100 valence electrons. The molecule has 0 spiro atoms. The third kappa shape index (κ3) is 2.93. The van der Waals surface area contributed by atoms with Crippen molar-refractivity contribution in [3.63, 3.8) is 0 Å². The molecule has 3 unspecified atom stereocenters. The summed E-state index contributed by atoms with van der Waals surface area (Å²) < 4.78 is 0. The summed E-state index contributed by atoms with van der Waals surface area (Å²) in [7, 11) is 0. The fourth-order valence-corrected chi connectivity index (χ4v) is 3.03. The Hall–Kier alpha value is -0.860. The van der Waals surface area contributed by atoms with Crippen LogP contribution in [0.15, 0.2) is 18.2 Å². The second kappa shape index (κ2) is 5.41. The highest BCUT2D eigenvalue weighted by Gasteiger charge is 2.27. The quantitative estimate of drug-likeness (QED) is 0.863. The third-order valence-electron chi connectivity index (χ3n) is 4.04. The van der Waals surface area contributed by atoms with Crippen LogP contribution in [0.4, 0.5) is 0 Å². The van der Waals surface area contributed by atoms with Gasteiger partial charge in [0.2, 0.25) is 0 Å². The van der Waals surface area contributed by atoms with Crippen molar-refractivity contribution >= 4 is 0 Å². The van der Waals surface area contributed by atoms with Crippen LogP contribution in [0.3, 0.4) is 0 Å². The standard InChI is InChI=1S/C16H26N2/c1-11-6-12(2)8-16(7-11)15(5)18-10-13(3)17-9-14(18)4/h6-8,13-15,17H,9-10H2,1-5H3. The summed E-state index contributed by atoms with van der Waals surface area (Å²) in [6.45, 7) is 13.5. The van der Waals surface area contributed by atoms with E-state index in [9.17, 15) is 0 Å². The van der Waals surface area contributed by atoms with Gasteiger partial charge in [-0.2, -0.15) is 0 Å². The van der Waals surface area contributed by atoms with Crippen molar-refractivity contribution in [2.45, 2.75) is 52.7 Å². The zero-order valence-corrected chi connectivity index (χ0v) is 12.3. The van der Waals surface area contributed by atoms with Gasteiger partial charge < -0.3 is 5.32 Å². The molecule has 0 aromatic heterocycles. The van der Waals surface area contributed by atoms with E-state index in [4.69, 9.17) is 0 Å². The largest absolute Gasteiger partial charge is 0.311 e. The van der Waals surface area contributed by atoms with E-state index in [-0.39, 0.29) is 0 Å². The predicted molar refractivity (Wildman–Crippen MR) is 78.0 cm³/mol. The second-order valence-electron chi connectivity index (χ2n) is 5.95. The van der Waals surface area contributed by atoms with Crippen molar-refractivity contribution in [2.24, 2.45) is 0 Å². The molecule has 1 aliphatic rings. The smallest absolute Gasteiger partial charge is 0.0324 e. The Bertz CT molecular complexity index is 393. The molecule has 0 saturated carbocycles. The summed E-state index contributed by atoms with van der Waals surface area (Å²) in [5, 5.41) is 3.55. The minimum absolute atomic E-state index is 0.503. The molecule has 1 saturated heterocycles. The first kappa shape index (κ1) is 13.6. The molecule has 2 nitrogen and oxygen atoms in total. The summed E-state index contributed by atoms with van der Waals surface area (Å²) in [6.07, 6.45) is 0. The van der Waals surface area contributed by atoms with Gasteiger partial charge in [-0.15, -0.1) is 0 Å². The van der Waals surface area contributed by atoms with E-state index in [2.05, 4.69) is 63.0 Å². The summed E-state index contributed by atoms with van der Waals surface area (Å²) in [5.41, 5.74) is 4.19. The summed E-state index contributed by atoms with van der Waals surface area (Å²) in [5.74, 6) is 0. The van der Waals surface area contributed by atoms with Crippen LogP contribution in [0.25, 0.3) is 0 Å². The van der Waals surface area contributed by atoms with Crippen LogP contribution in [-0.4, -0.2) is 30.1 Å². The minimum Gasteiger partial charge on any atom is -0.311 e. The Morgan fingerprint density at radius 2 is 1.78 bits per heavy atom. The molecular weight excluding hydrogens is 220 g/mol. The molecule has 1 fully saturated rings. The SMILES string of the molecule is Cc1cc(C)cc(C(C)N2CC(C)NCC2C)c1. The first-order valence-electron chi connectivity index (χ1n) is 7.04. The van der Waals surface area contributed by atoms with Crippen LogP contribution >= 0.6 is 0 Å². The molecular formula is C16H26N2. The first-order chi connectivity index (χ1) is 8.47. The van der Waals surface area contributed by atoms with Gasteiger partial charge in [0.15, 0.2) is 0 Å². The van der Waals surface area contributed by atoms with Gasteiger partial charge in [0.1, 0.15) is 0 Å². The molecule has 1 aliphatic heterocycles. The average molecular weight is 246 g/mol. The zero-order valence-electron chi connectivity index (χ0n) is 12.3. The molecule has 18 heavy (non-hydrogen) atoms. The lowest BCUT2D eigenvalue weighted by atomic mass is 9.98. The number of nitrogens with zero attached hydrogens (tertiary/aromatic N) is 1. The Morgan fingerprint density at radius 3 is 2.39 bits per heavy atom. The number of rotatable bonds is 2. The van der Waals surface area contributed by atoms with Crippen molar-refractivity contribution in [2.75, 3.05) is 13.1 Å². The van der Waals surface area contributed by atoms with Crippen LogP contribution in [0.1, 0.15) is 43.5 Å². The molecule has 1 aromatic carbocycles. The highest BCUT2D eigenvalue weighted by Crippen LogP contribution is 2.26. The Kier molecular flexibility index (Phi) is 4.08. The van der Waals surface area contributed by atoms with Gasteiger partial charge in [0.25, 0.3) is 0 Å². The molecule has 1 heterocycles. The molecule has 2 rings (SSSR count). The van der Waals surface area contributed by atoms with Gasteiger partial charge >= 0.3 is 0 Å². The van der Waals surface area contributed by atoms with Crippen molar-refractivity contribution < 1.29 is 0 Å². The van der Waals surface area contributed by atoms with Crippen molar-refractivity contribution in [3.05, 3.63) is 34.9 Å². The monoisotopic (exact) mass is 246 g/mol. The molecule has 1 N–H and O–H groups in total. The Labute approximate surface area is 111 Å². The third-order valence-corrected chi connectivity index (χ3v) is 4.04. The lowest BCUT2D eigenvalue weighted by Gasteiger charge is -2.41. The highest BCUT2D eigenvalue weighted by atomic mass is 15.2. The lowest BCUT2D eigenvalue weighted by molar-refractivity contribution is 0.103. The van der Waals surface area contributed by atoms with Crippen molar-refractivity contribution in [1.82, 2.24) is 10.2 Å². The van der Waals surface area contributed by atoms with Crippen LogP contribution in [0.2, 0.25) is 0 Å². The first-order valence-corrected chi connectivity index (χ1v) is 7.04. The van der Waals surface area contributed by atoms with Gasteiger partial charge in [-0.05, 0) is 40.2 Å². The topological polar surface area (TPSA) is 15.3 Å². The maximum Gasteiger partial charge on any atom is 0.0324 e. The van der Waals surface area contributed by atoms with Gasteiger partial charge in [0.05, 0.1) is 0 Å².